The van der Waals surface area contributed by atoms with E-state index in [0.29, 0.717) is 6.54 Å². The average molecular weight is 327 g/mol. The summed E-state index contributed by atoms with van der Waals surface area (Å²) in [7, 11) is 0. The molecule has 0 unspecified atom stereocenters. The van der Waals surface area contributed by atoms with Crippen molar-refractivity contribution in [1.82, 2.24) is 5.32 Å². The number of hydrogen-bond donors (Lipinski definition) is 1. The molecule has 0 fully saturated rings. The molecule has 0 saturated heterocycles. The quantitative estimate of drug-likeness (QED) is 0.753. The third kappa shape index (κ3) is 5.14. The second-order valence-electron chi connectivity index (χ2n) is 5.60. The van der Waals surface area contributed by atoms with E-state index in [1.807, 2.05) is 37.3 Å². The molecule has 0 spiro atoms. The molecule has 1 N–H and O–H groups in total. The van der Waals surface area contributed by atoms with Crippen molar-refractivity contribution < 1.29 is 4.79 Å². The fraction of sp³-hybridized carbons (Fsp3) is 0.350. The molecular weight excluding hydrogens is 302 g/mol. The Balaban J connectivity index is 1.96. The van der Waals surface area contributed by atoms with Crippen molar-refractivity contribution in [3.63, 3.8) is 0 Å². The largest absolute Gasteiger partial charge is 0.351 e. The van der Waals surface area contributed by atoms with Crippen molar-refractivity contribution in [3.8, 4) is 0 Å². The molecule has 0 aliphatic heterocycles. The Kier molecular flexibility index (Phi) is 6.72. The second kappa shape index (κ2) is 8.78. The summed E-state index contributed by atoms with van der Waals surface area (Å²) in [5.41, 5.74) is 3.86. The SMILES string of the molecule is CCc1ccc(CC)c(CNC(=O)[C@H](C)Sc2ccccc2)c1. The lowest BCUT2D eigenvalue weighted by Crippen LogP contribution is -2.30. The normalized spacial score (nSPS) is 12.0. The molecule has 0 saturated carbocycles. The predicted molar refractivity (Wildman–Crippen MR) is 98.8 cm³/mol. The molecule has 0 bridgehead atoms. The number of carbonyl (C=O) groups is 1. The van der Waals surface area contributed by atoms with E-state index in [1.165, 1.54) is 16.7 Å². The summed E-state index contributed by atoms with van der Waals surface area (Å²) in [6, 6.07) is 16.6. The molecule has 1 amide bonds. The van der Waals surface area contributed by atoms with E-state index in [9.17, 15) is 4.79 Å². The molecule has 2 aromatic rings. The molecule has 0 aliphatic rings. The van der Waals surface area contributed by atoms with Crippen LogP contribution in [0.3, 0.4) is 0 Å². The summed E-state index contributed by atoms with van der Waals surface area (Å²) in [6.07, 6.45) is 2.01. The minimum Gasteiger partial charge on any atom is -0.351 e. The van der Waals surface area contributed by atoms with E-state index < -0.39 is 0 Å². The number of benzene rings is 2. The smallest absolute Gasteiger partial charge is 0.233 e. The van der Waals surface area contributed by atoms with Crippen LogP contribution in [-0.4, -0.2) is 11.2 Å². The summed E-state index contributed by atoms with van der Waals surface area (Å²) >= 11 is 1.59. The van der Waals surface area contributed by atoms with Crippen LogP contribution in [0, 0.1) is 0 Å². The molecule has 1 atom stereocenters. The first-order chi connectivity index (χ1) is 11.1. The summed E-state index contributed by atoms with van der Waals surface area (Å²) < 4.78 is 0. The van der Waals surface area contributed by atoms with Crippen molar-refractivity contribution >= 4 is 17.7 Å². The predicted octanol–water partition coefficient (Wildman–Crippen LogP) is 4.61. The van der Waals surface area contributed by atoms with Gasteiger partial charge in [0.15, 0.2) is 0 Å². The van der Waals surface area contributed by atoms with Crippen LogP contribution >= 0.6 is 11.8 Å². The molecule has 0 heterocycles. The average Bonchev–Trinajstić information content (AvgIpc) is 2.60. The summed E-state index contributed by atoms with van der Waals surface area (Å²) in [5, 5.41) is 2.99. The lowest BCUT2D eigenvalue weighted by atomic mass is 10.0. The molecule has 2 aromatic carbocycles. The number of nitrogens with one attached hydrogen (secondary N) is 1. The van der Waals surface area contributed by atoms with Crippen molar-refractivity contribution in [2.24, 2.45) is 0 Å². The second-order valence-corrected chi connectivity index (χ2v) is 7.02. The molecule has 0 aliphatic carbocycles. The molecule has 2 nitrogen and oxygen atoms in total. The molecule has 3 heteroatoms. The zero-order valence-electron chi connectivity index (χ0n) is 14.1. The Morgan fingerprint density at radius 3 is 2.43 bits per heavy atom. The number of aryl methyl sites for hydroxylation is 2. The molecule has 122 valence electrons. The minimum absolute atomic E-state index is 0.0859. The highest BCUT2D eigenvalue weighted by molar-refractivity contribution is 8.00. The molecule has 0 radical (unpaired) electrons. The van der Waals surface area contributed by atoms with Crippen LogP contribution in [0.4, 0.5) is 0 Å². The van der Waals surface area contributed by atoms with Crippen LogP contribution in [-0.2, 0) is 24.2 Å². The number of thioether (sulfide) groups is 1. The van der Waals surface area contributed by atoms with E-state index in [4.69, 9.17) is 0 Å². The Morgan fingerprint density at radius 2 is 1.78 bits per heavy atom. The van der Waals surface area contributed by atoms with Gasteiger partial charge in [-0.3, -0.25) is 4.79 Å². The Morgan fingerprint density at radius 1 is 1.04 bits per heavy atom. The fourth-order valence-electron chi connectivity index (χ4n) is 2.49. The van der Waals surface area contributed by atoms with Gasteiger partial charge in [0.05, 0.1) is 5.25 Å². The molecule has 2 rings (SSSR count). The lowest BCUT2D eigenvalue weighted by molar-refractivity contribution is -0.120. The number of amides is 1. The standard InChI is InChI=1S/C20H25NOS/c1-4-16-11-12-17(5-2)18(13-16)14-21-20(22)15(3)23-19-9-7-6-8-10-19/h6-13,15H,4-5,14H2,1-3H3,(H,21,22)/t15-/m0/s1. The summed E-state index contributed by atoms with van der Waals surface area (Å²) in [5.74, 6) is 0.0859. The van der Waals surface area contributed by atoms with Crippen molar-refractivity contribution in [1.29, 1.82) is 0 Å². The maximum atomic E-state index is 12.3. The first kappa shape index (κ1) is 17.6. The number of hydrogen-bond acceptors (Lipinski definition) is 2. The lowest BCUT2D eigenvalue weighted by Gasteiger charge is -2.14. The highest BCUT2D eigenvalue weighted by Gasteiger charge is 2.14. The van der Waals surface area contributed by atoms with Gasteiger partial charge >= 0.3 is 0 Å². The third-order valence-corrected chi connectivity index (χ3v) is 5.05. The third-order valence-electron chi connectivity index (χ3n) is 3.94. The van der Waals surface area contributed by atoms with Gasteiger partial charge < -0.3 is 5.32 Å². The van der Waals surface area contributed by atoms with Crippen LogP contribution in [0.25, 0.3) is 0 Å². The van der Waals surface area contributed by atoms with Crippen molar-refractivity contribution in [2.45, 2.75) is 50.3 Å². The fourth-order valence-corrected chi connectivity index (χ4v) is 3.40. The zero-order valence-corrected chi connectivity index (χ0v) is 15.0. The first-order valence-corrected chi connectivity index (χ1v) is 9.12. The van der Waals surface area contributed by atoms with Gasteiger partial charge in [-0.05, 0) is 48.6 Å². The van der Waals surface area contributed by atoms with Crippen LogP contribution in [0.1, 0.15) is 37.5 Å². The van der Waals surface area contributed by atoms with E-state index >= 15 is 0 Å². The van der Waals surface area contributed by atoms with Gasteiger partial charge in [-0.1, -0.05) is 50.2 Å². The van der Waals surface area contributed by atoms with Gasteiger partial charge in [0.1, 0.15) is 0 Å². The first-order valence-electron chi connectivity index (χ1n) is 8.24. The molecule has 0 aromatic heterocycles. The topological polar surface area (TPSA) is 29.1 Å². The van der Waals surface area contributed by atoms with Crippen LogP contribution in [0.15, 0.2) is 53.4 Å². The van der Waals surface area contributed by atoms with Crippen LogP contribution in [0.5, 0.6) is 0 Å². The molecular formula is C20H25NOS. The van der Waals surface area contributed by atoms with Gasteiger partial charge in [0.25, 0.3) is 0 Å². The van der Waals surface area contributed by atoms with E-state index in [-0.39, 0.29) is 11.2 Å². The Hall–Kier alpha value is -1.74. The van der Waals surface area contributed by atoms with Crippen molar-refractivity contribution in [2.75, 3.05) is 0 Å². The van der Waals surface area contributed by atoms with Crippen LogP contribution in [0.2, 0.25) is 0 Å². The Bertz CT molecular complexity index is 639. The summed E-state index contributed by atoms with van der Waals surface area (Å²) in [6.45, 7) is 6.87. The maximum Gasteiger partial charge on any atom is 0.233 e. The highest BCUT2D eigenvalue weighted by Crippen LogP contribution is 2.23. The van der Waals surface area contributed by atoms with Gasteiger partial charge in [-0.2, -0.15) is 0 Å². The summed E-state index contributed by atoms with van der Waals surface area (Å²) in [4.78, 5) is 13.5. The Labute approximate surface area is 143 Å². The van der Waals surface area contributed by atoms with E-state index in [0.717, 1.165) is 17.7 Å². The van der Waals surface area contributed by atoms with Gasteiger partial charge in [-0.25, -0.2) is 0 Å². The van der Waals surface area contributed by atoms with E-state index in [2.05, 4.69) is 37.4 Å². The maximum absolute atomic E-state index is 12.3. The van der Waals surface area contributed by atoms with Crippen LogP contribution < -0.4 is 5.32 Å². The van der Waals surface area contributed by atoms with E-state index in [1.54, 1.807) is 11.8 Å². The van der Waals surface area contributed by atoms with Gasteiger partial charge in [-0.15, -0.1) is 11.8 Å². The highest BCUT2D eigenvalue weighted by atomic mass is 32.2. The minimum atomic E-state index is -0.100. The van der Waals surface area contributed by atoms with Crippen molar-refractivity contribution in [3.05, 3.63) is 65.2 Å². The monoisotopic (exact) mass is 327 g/mol. The molecule has 23 heavy (non-hydrogen) atoms. The zero-order chi connectivity index (χ0) is 16.7. The van der Waals surface area contributed by atoms with Gasteiger partial charge in [0, 0.05) is 11.4 Å². The number of carbonyl (C=O) groups excluding carboxylic acids is 1. The van der Waals surface area contributed by atoms with Gasteiger partial charge in [0.2, 0.25) is 5.91 Å². The number of rotatable bonds is 7.